The molecule has 1 N–H and O–H groups in total. The van der Waals surface area contributed by atoms with Crippen LogP contribution in [0.2, 0.25) is 0 Å². The molecular formula is C10H21NO. The average Bonchev–Trinajstić information content (AvgIpc) is 2.16. The maximum Gasteiger partial charge on any atom is 0.0460 e. The third kappa shape index (κ3) is 2.20. The standard InChI is InChI=1S/C10H21NO/c1-3-10-7-9(8-12)5-6-11(10)4-2/h9-10,12H,3-8H2,1-2H3. The number of hydrogen-bond donors (Lipinski definition) is 1. The van der Waals surface area contributed by atoms with Gasteiger partial charge in [-0.2, -0.15) is 0 Å². The van der Waals surface area contributed by atoms with E-state index < -0.39 is 0 Å². The normalized spacial score (nSPS) is 32.2. The molecule has 1 fully saturated rings. The van der Waals surface area contributed by atoms with Crippen LogP contribution in [-0.4, -0.2) is 35.7 Å². The molecule has 0 spiro atoms. The van der Waals surface area contributed by atoms with Gasteiger partial charge in [0.15, 0.2) is 0 Å². The summed E-state index contributed by atoms with van der Waals surface area (Å²) in [5.41, 5.74) is 0. The minimum absolute atomic E-state index is 0.383. The molecule has 12 heavy (non-hydrogen) atoms. The third-order valence-electron chi connectivity index (χ3n) is 3.08. The summed E-state index contributed by atoms with van der Waals surface area (Å²) in [4.78, 5) is 2.53. The lowest BCUT2D eigenvalue weighted by Crippen LogP contribution is -2.42. The second-order valence-electron chi connectivity index (χ2n) is 3.76. The number of rotatable bonds is 3. The SMILES string of the molecule is CCC1CC(CO)CCN1CC. The van der Waals surface area contributed by atoms with E-state index in [2.05, 4.69) is 18.7 Å². The first-order valence-corrected chi connectivity index (χ1v) is 5.16. The Morgan fingerprint density at radius 3 is 2.67 bits per heavy atom. The van der Waals surface area contributed by atoms with Crippen LogP contribution < -0.4 is 0 Å². The molecule has 1 saturated heterocycles. The summed E-state index contributed by atoms with van der Waals surface area (Å²) >= 11 is 0. The Balaban J connectivity index is 2.41. The Morgan fingerprint density at radius 2 is 2.17 bits per heavy atom. The first-order chi connectivity index (χ1) is 5.81. The number of aliphatic hydroxyl groups is 1. The van der Waals surface area contributed by atoms with Crippen molar-refractivity contribution in [1.82, 2.24) is 4.90 Å². The van der Waals surface area contributed by atoms with Crippen molar-refractivity contribution in [2.24, 2.45) is 5.92 Å². The van der Waals surface area contributed by atoms with Crippen LogP contribution in [0, 0.1) is 5.92 Å². The van der Waals surface area contributed by atoms with Crippen molar-refractivity contribution in [3.63, 3.8) is 0 Å². The summed E-state index contributed by atoms with van der Waals surface area (Å²) in [6.45, 7) is 7.19. The Bertz CT molecular complexity index is 127. The first kappa shape index (κ1) is 10.0. The molecule has 1 heterocycles. The van der Waals surface area contributed by atoms with Gasteiger partial charge in [-0.25, -0.2) is 0 Å². The summed E-state index contributed by atoms with van der Waals surface area (Å²) in [7, 11) is 0. The van der Waals surface area contributed by atoms with Crippen molar-refractivity contribution < 1.29 is 5.11 Å². The fraction of sp³-hybridized carbons (Fsp3) is 1.00. The summed E-state index contributed by atoms with van der Waals surface area (Å²) in [5.74, 6) is 0.567. The van der Waals surface area contributed by atoms with E-state index in [4.69, 9.17) is 5.11 Å². The highest BCUT2D eigenvalue weighted by atomic mass is 16.3. The fourth-order valence-corrected chi connectivity index (χ4v) is 2.19. The zero-order valence-electron chi connectivity index (χ0n) is 8.29. The van der Waals surface area contributed by atoms with Gasteiger partial charge in [-0.15, -0.1) is 0 Å². The predicted molar refractivity (Wildman–Crippen MR) is 51.1 cm³/mol. The van der Waals surface area contributed by atoms with Gasteiger partial charge in [0.2, 0.25) is 0 Å². The maximum atomic E-state index is 9.04. The molecular weight excluding hydrogens is 150 g/mol. The highest BCUT2D eigenvalue weighted by molar-refractivity contribution is 4.79. The van der Waals surface area contributed by atoms with Crippen LogP contribution in [0.25, 0.3) is 0 Å². The molecule has 0 aromatic rings. The minimum Gasteiger partial charge on any atom is -0.396 e. The van der Waals surface area contributed by atoms with Gasteiger partial charge in [-0.1, -0.05) is 13.8 Å². The third-order valence-corrected chi connectivity index (χ3v) is 3.08. The number of piperidine rings is 1. The maximum absolute atomic E-state index is 9.04. The van der Waals surface area contributed by atoms with E-state index in [9.17, 15) is 0 Å². The second kappa shape index (κ2) is 4.83. The van der Waals surface area contributed by atoms with Crippen molar-refractivity contribution in [3.05, 3.63) is 0 Å². The highest BCUT2D eigenvalue weighted by Gasteiger charge is 2.25. The topological polar surface area (TPSA) is 23.5 Å². The monoisotopic (exact) mass is 171 g/mol. The van der Waals surface area contributed by atoms with Gasteiger partial charge in [-0.3, -0.25) is 0 Å². The summed E-state index contributed by atoms with van der Waals surface area (Å²) in [6.07, 6.45) is 3.60. The van der Waals surface area contributed by atoms with Crippen LogP contribution in [0.15, 0.2) is 0 Å². The Hall–Kier alpha value is -0.0800. The van der Waals surface area contributed by atoms with Crippen molar-refractivity contribution >= 4 is 0 Å². The summed E-state index contributed by atoms with van der Waals surface area (Å²) in [6, 6.07) is 0.723. The van der Waals surface area contributed by atoms with Gasteiger partial charge >= 0.3 is 0 Å². The number of aliphatic hydroxyl groups excluding tert-OH is 1. The lowest BCUT2D eigenvalue weighted by molar-refractivity contribution is 0.0828. The van der Waals surface area contributed by atoms with Crippen LogP contribution in [0.4, 0.5) is 0 Å². The van der Waals surface area contributed by atoms with E-state index in [-0.39, 0.29) is 0 Å². The zero-order valence-corrected chi connectivity index (χ0v) is 8.29. The average molecular weight is 171 g/mol. The molecule has 0 bridgehead atoms. The van der Waals surface area contributed by atoms with Crippen LogP contribution >= 0.6 is 0 Å². The van der Waals surface area contributed by atoms with Crippen molar-refractivity contribution in [2.45, 2.75) is 39.2 Å². The largest absolute Gasteiger partial charge is 0.396 e. The highest BCUT2D eigenvalue weighted by Crippen LogP contribution is 2.23. The summed E-state index contributed by atoms with van der Waals surface area (Å²) < 4.78 is 0. The molecule has 0 amide bonds. The number of nitrogens with zero attached hydrogens (tertiary/aromatic N) is 1. The molecule has 1 rings (SSSR count). The lowest BCUT2D eigenvalue weighted by atomic mass is 9.90. The molecule has 0 aliphatic carbocycles. The van der Waals surface area contributed by atoms with E-state index in [0.29, 0.717) is 12.5 Å². The quantitative estimate of drug-likeness (QED) is 0.695. The van der Waals surface area contributed by atoms with E-state index in [1.54, 1.807) is 0 Å². The molecule has 1 aliphatic heterocycles. The van der Waals surface area contributed by atoms with Crippen LogP contribution in [0.5, 0.6) is 0 Å². The van der Waals surface area contributed by atoms with Gasteiger partial charge in [0.05, 0.1) is 0 Å². The van der Waals surface area contributed by atoms with Crippen molar-refractivity contribution in [3.8, 4) is 0 Å². The van der Waals surface area contributed by atoms with Crippen LogP contribution in [0.1, 0.15) is 33.1 Å². The van der Waals surface area contributed by atoms with E-state index >= 15 is 0 Å². The number of hydrogen-bond acceptors (Lipinski definition) is 2. The smallest absolute Gasteiger partial charge is 0.0460 e. The Labute approximate surface area is 75.6 Å². The number of likely N-dealkylation sites (tertiary alicyclic amines) is 1. The van der Waals surface area contributed by atoms with Gasteiger partial charge < -0.3 is 10.0 Å². The minimum atomic E-state index is 0.383. The molecule has 2 heteroatoms. The molecule has 1 aliphatic rings. The molecule has 0 aromatic carbocycles. The molecule has 2 nitrogen and oxygen atoms in total. The van der Waals surface area contributed by atoms with E-state index in [0.717, 1.165) is 12.6 Å². The molecule has 0 radical (unpaired) electrons. The van der Waals surface area contributed by atoms with E-state index in [1.165, 1.54) is 25.8 Å². The molecule has 2 atom stereocenters. The van der Waals surface area contributed by atoms with Crippen molar-refractivity contribution in [2.75, 3.05) is 19.7 Å². The van der Waals surface area contributed by atoms with Gasteiger partial charge in [0.25, 0.3) is 0 Å². The Kier molecular flexibility index (Phi) is 4.02. The lowest BCUT2D eigenvalue weighted by Gasteiger charge is -2.37. The van der Waals surface area contributed by atoms with Crippen LogP contribution in [0.3, 0.4) is 0 Å². The van der Waals surface area contributed by atoms with Gasteiger partial charge in [0.1, 0.15) is 0 Å². The van der Waals surface area contributed by atoms with Gasteiger partial charge in [-0.05, 0) is 38.3 Å². The van der Waals surface area contributed by atoms with Gasteiger partial charge in [0, 0.05) is 12.6 Å². The fourth-order valence-electron chi connectivity index (χ4n) is 2.19. The molecule has 0 saturated carbocycles. The first-order valence-electron chi connectivity index (χ1n) is 5.16. The van der Waals surface area contributed by atoms with Crippen LogP contribution in [-0.2, 0) is 0 Å². The molecule has 72 valence electrons. The molecule has 2 unspecified atom stereocenters. The Morgan fingerprint density at radius 1 is 1.42 bits per heavy atom. The zero-order chi connectivity index (χ0) is 8.97. The van der Waals surface area contributed by atoms with Crippen molar-refractivity contribution in [1.29, 1.82) is 0 Å². The second-order valence-corrected chi connectivity index (χ2v) is 3.76. The predicted octanol–water partition coefficient (Wildman–Crippen LogP) is 1.49. The van der Waals surface area contributed by atoms with E-state index in [1.807, 2.05) is 0 Å². The molecule has 0 aromatic heterocycles. The summed E-state index contributed by atoms with van der Waals surface area (Å²) in [5, 5.41) is 9.04.